The largest absolute Gasteiger partial charge is 0.340 e. The monoisotopic (exact) mass is 402 g/mol. The molecule has 2 saturated heterocycles. The number of likely N-dealkylation sites (tertiary alicyclic amines) is 1. The highest BCUT2D eigenvalue weighted by molar-refractivity contribution is 7.97. The molecule has 138 valence electrons. The molecule has 3 heterocycles. The van der Waals surface area contributed by atoms with E-state index in [-0.39, 0.29) is 30.7 Å². The average molecular weight is 403 g/mol. The number of carbonyl (C=O) groups is 1. The number of thioether (sulfide) groups is 1. The van der Waals surface area contributed by atoms with E-state index in [2.05, 4.69) is 22.2 Å². The highest BCUT2D eigenvalue weighted by atomic mass is 35.5. The molecule has 4 rings (SSSR count). The normalized spacial score (nSPS) is 21.7. The Morgan fingerprint density at radius 2 is 1.92 bits per heavy atom. The molecule has 0 aliphatic carbocycles. The van der Waals surface area contributed by atoms with Gasteiger partial charge in [0.2, 0.25) is 5.91 Å². The summed E-state index contributed by atoms with van der Waals surface area (Å²) in [5.41, 5.74) is 2.04. The van der Waals surface area contributed by atoms with E-state index in [0.29, 0.717) is 18.4 Å². The lowest BCUT2D eigenvalue weighted by Crippen LogP contribution is -2.34. The van der Waals surface area contributed by atoms with Crippen molar-refractivity contribution in [2.75, 3.05) is 32.4 Å². The molecule has 2 aliphatic rings. The first kappa shape index (κ1) is 20.4. The molecule has 0 saturated carbocycles. The molecular formula is C17H24Cl2N4OS. The summed E-state index contributed by atoms with van der Waals surface area (Å²) in [6, 6.07) is 8.09. The topological polar surface area (TPSA) is 50.2 Å². The van der Waals surface area contributed by atoms with E-state index in [1.54, 1.807) is 11.8 Å². The molecule has 1 aromatic heterocycles. The van der Waals surface area contributed by atoms with Crippen LogP contribution in [-0.2, 0) is 17.1 Å². The van der Waals surface area contributed by atoms with Gasteiger partial charge in [0, 0.05) is 26.2 Å². The third-order valence-corrected chi connectivity index (χ3v) is 5.59. The van der Waals surface area contributed by atoms with Crippen LogP contribution in [0.4, 0.5) is 0 Å². The van der Waals surface area contributed by atoms with Crippen molar-refractivity contribution in [1.29, 1.82) is 0 Å². The van der Waals surface area contributed by atoms with Crippen LogP contribution in [0.3, 0.4) is 0 Å². The second-order valence-electron chi connectivity index (χ2n) is 6.51. The van der Waals surface area contributed by atoms with Crippen molar-refractivity contribution >= 4 is 53.5 Å². The van der Waals surface area contributed by atoms with Gasteiger partial charge in [-0.05, 0) is 30.2 Å². The molecule has 0 bridgehead atoms. The number of nitrogens with zero attached hydrogens (tertiary/aromatic N) is 3. The lowest BCUT2D eigenvalue weighted by atomic mass is 10.0. The van der Waals surface area contributed by atoms with Crippen LogP contribution in [-0.4, -0.2) is 52.8 Å². The summed E-state index contributed by atoms with van der Waals surface area (Å²) in [5, 5.41) is 3.42. The Morgan fingerprint density at radius 1 is 1.24 bits per heavy atom. The van der Waals surface area contributed by atoms with E-state index >= 15 is 0 Å². The fourth-order valence-electron chi connectivity index (χ4n) is 3.84. The smallest absolute Gasteiger partial charge is 0.242 e. The van der Waals surface area contributed by atoms with E-state index in [4.69, 9.17) is 4.98 Å². The quantitative estimate of drug-likeness (QED) is 0.852. The number of amides is 1. The van der Waals surface area contributed by atoms with Gasteiger partial charge in [-0.15, -0.1) is 24.8 Å². The van der Waals surface area contributed by atoms with Gasteiger partial charge in [0.05, 0.1) is 16.8 Å². The van der Waals surface area contributed by atoms with Crippen molar-refractivity contribution < 1.29 is 4.79 Å². The number of benzene rings is 1. The van der Waals surface area contributed by atoms with Crippen LogP contribution in [0.5, 0.6) is 0 Å². The van der Waals surface area contributed by atoms with E-state index in [9.17, 15) is 4.79 Å². The summed E-state index contributed by atoms with van der Waals surface area (Å²) in [6.07, 6.45) is 2.07. The lowest BCUT2D eigenvalue weighted by molar-refractivity contribution is -0.131. The van der Waals surface area contributed by atoms with Crippen molar-refractivity contribution in [2.45, 2.75) is 12.3 Å². The van der Waals surface area contributed by atoms with Crippen LogP contribution >= 0.6 is 36.6 Å². The SMILES string of the molecule is CSCc1nc2ccccc2n1CC(=O)N1C[C@H]2CNC[C@H]2C1.Cl.Cl. The number of imidazole rings is 1. The van der Waals surface area contributed by atoms with E-state index in [1.807, 2.05) is 23.1 Å². The molecule has 0 spiro atoms. The van der Waals surface area contributed by atoms with Gasteiger partial charge in [-0.2, -0.15) is 11.8 Å². The third kappa shape index (κ3) is 3.92. The van der Waals surface area contributed by atoms with Gasteiger partial charge < -0.3 is 14.8 Å². The number of rotatable bonds is 4. The first-order chi connectivity index (χ1) is 11.3. The molecule has 2 aromatic rings. The molecule has 5 nitrogen and oxygen atoms in total. The Balaban J connectivity index is 0.00000113. The van der Waals surface area contributed by atoms with Gasteiger partial charge in [0.15, 0.2) is 0 Å². The Bertz CT molecular complexity index is 727. The predicted octanol–water partition coefficient (Wildman–Crippen LogP) is 2.42. The van der Waals surface area contributed by atoms with Crippen molar-refractivity contribution in [3.8, 4) is 0 Å². The summed E-state index contributed by atoms with van der Waals surface area (Å²) in [4.78, 5) is 19.5. The minimum absolute atomic E-state index is 0. The first-order valence-corrected chi connectivity index (χ1v) is 9.57. The van der Waals surface area contributed by atoms with Crippen molar-refractivity contribution in [3.63, 3.8) is 0 Å². The highest BCUT2D eigenvalue weighted by Crippen LogP contribution is 2.27. The maximum Gasteiger partial charge on any atom is 0.242 e. The molecule has 0 unspecified atom stereocenters. The summed E-state index contributed by atoms with van der Waals surface area (Å²) in [6.45, 7) is 4.33. The Hall–Kier alpha value is -0.950. The number of carbonyl (C=O) groups excluding carboxylic acids is 1. The van der Waals surface area contributed by atoms with Crippen LogP contribution in [0, 0.1) is 11.8 Å². The molecule has 1 N–H and O–H groups in total. The number of hydrogen-bond acceptors (Lipinski definition) is 4. The Morgan fingerprint density at radius 3 is 2.60 bits per heavy atom. The number of fused-ring (bicyclic) bond motifs is 2. The minimum Gasteiger partial charge on any atom is -0.340 e. The predicted molar refractivity (Wildman–Crippen MR) is 108 cm³/mol. The Labute approximate surface area is 164 Å². The summed E-state index contributed by atoms with van der Waals surface area (Å²) >= 11 is 1.74. The van der Waals surface area contributed by atoms with Crippen LogP contribution < -0.4 is 5.32 Å². The van der Waals surface area contributed by atoms with Crippen LogP contribution in [0.1, 0.15) is 5.82 Å². The zero-order chi connectivity index (χ0) is 15.8. The molecule has 1 aromatic carbocycles. The fraction of sp³-hybridized carbons (Fsp3) is 0.529. The van der Waals surface area contributed by atoms with E-state index in [1.165, 1.54) is 0 Å². The van der Waals surface area contributed by atoms with Gasteiger partial charge in [0.25, 0.3) is 0 Å². The lowest BCUT2D eigenvalue weighted by Gasteiger charge is -2.19. The fourth-order valence-corrected chi connectivity index (χ4v) is 4.31. The van der Waals surface area contributed by atoms with Crippen LogP contribution in [0.2, 0.25) is 0 Å². The van der Waals surface area contributed by atoms with Gasteiger partial charge in [-0.3, -0.25) is 4.79 Å². The Kier molecular flexibility index (Phi) is 7.02. The standard InChI is InChI=1S/C17H22N4OS.2ClH/c1-23-11-16-19-14-4-2-3-5-15(14)21(16)10-17(22)20-8-12-6-18-7-13(12)9-20;;/h2-5,12-13,18H,6-11H2,1H3;2*1H/t12-,13+;;. The van der Waals surface area contributed by atoms with E-state index in [0.717, 1.165) is 48.8 Å². The number of halogens is 2. The number of hydrogen-bond donors (Lipinski definition) is 1. The molecule has 2 aliphatic heterocycles. The summed E-state index contributed by atoms with van der Waals surface area (Å²) in [7, 11) is 0. The molecule has 25 heavy (non-hydrogen) atoms. The van der Waals surface area contributed by atoms with Crippen LogP contribution in [0.15, 0.2) is 24.3 Å². The number of aromatic nitrogens is 2. The number of nitrogens with one attached hydrogen (secondary N) is 1. The first-order valence-electron chi connectivity index (χ1n) is 8.18. The van der Waals surface area contributed by atoms with Crippen molar-refractivity contribution in [2.24, 2.45) is 11.8 Å². The van der Waals surface area contributed by atoms with E-state index < -0.39 is 0 Å². The van der Waals surface area contributed by atoms with Crippen molar-refractivity contribution in [3.05, 3.63) is 30.1 Å². The maximum atomic E-state index is 12.8. The van der Waals surface area contributed by atoms with Gasteiger partial charge in [-0.25, -0.2) is 4.98 Å². The van der Waals surface area contributed by atoms with Gasteiger partial charge in [-0.1, -0.05) is 12.1 Å². The minimum atomic E-state index is 0. The van der Waals surface area contributed by atoms with Crippen molar-refractivity contribution in [1.82, 2.24) is 19.8 Å². The zero-order valence-corrected chi connectivity index (χ0v) is 16.6. The summed E-state index contributed by atoms with van der Waals surface area (Å²) in [5.74, 6) is 3.34. The van der Waals surface area contributed by atoms with Crippen LogP contribution in [0.25, 0.3) is 11.0 Å². The highest BCUT2D eigenvalue weighted by Gasteiger charge is 2.38. The summed E-state index contributed by atoms with van der Waals surface area (Å²) < 4.78 is 2.10. The maximum absolute atomic E-state index is 12.8. The second kappa shape index (κ2) is 8.62. The van der Waals surface area contributed by atoms with Gasteiger partial charge >= 0.3 is 0 Å². The molecule has 0 radical (unpaired) electrons. The molecule has 2 atom stereocenters. The third-order valence-electron chi connectivity index (χ3n) is 5.04. The molecule has 8 heteroatoms. The molecule has 2 fully saturated rings. The molecule has 1 amide bonds. The zero-order valence-electron chi connectivity index (χ0n) is 14.2. The second-order valence-corrected chi connectivity index (χ2v) is 7.38. The molecular weight excluding hydrogens is 379 g/mol. The number of para-hydroxylation sites is 2. The van der Waals surface area contributed by atoms with Gasteiger partial charge in [0.1, 0.15) is 12.4 Å². The average Bonchev–Trinajstić information content (AvgIpc) is 3.21.